The highest BCUT2D eigenvalue weighted by Gasteiger charge is 2.25. The zero-order valence-corrected chi connectivity index (χ0v) is 13.6. The van der Waals surface area contributed by atoms with Crippen LogP contribution >= 0.6 is 0 Å². The van der Waals surface area contributed by atoms with Crippen LogP contribution < -0.4 is 0 Å². The SMILES string of the molecule is C=C(CC(=O)OCC(C)(F)F)C(=O)OC(C)OC1CCCCC1. The Morgan fingerprint density at radius 2 is 1.87 bits per heavy atom. The molecule has 0 spiro atoms. The maximum Gasteiger partial charge on any atom is 0.336 e. The summed E-state index contributed by atoms with van der Waals surface area (Å²) in [5.41, 5.74) is -0.159. The number of esters is 2. The van der Waals surface area contributed by atoms with Gasteiger partial charge in [0.2, 0.25) is 6.29 Å². The molecule has 0 bridgehead atoms. The average Bonchev–Trinajstić information content (AvgIpc) is 2.45. The third kappa shape index (κ3) is 8.64. The number of hydrogen-bond acceptors (Lipinski definition) is 5. The molecule has 1 rings (SSSR count). The predicted molar refractivity (Wildman–Crippen MR) is 78.8 cm³/mol. The lowest BCUT2D eigenvalue weighted by Gasteiger charge is -2.25. The van der Waals surface area contributed by atoms with Crippen molar-refractivity contribution in [3.63, 3.8) is 0 Å². The van der Waals surface area contributed by atoms with Gasteiger partial charge >= 0.3 is 11.9 Å². The Morgan fingerprint density at radius 1 is 1.26 bits per heavy atom. The summed E-state index contributed by atoms with van der Waals surface area (Å²) >= 11 is 0. The summed E-state index contributed by atoms with van der Waals surface area (Å²) in [6.07, 6.45) is 4.04. The van der Waals surface area contributed by atoms with E-state index < -0.39 is 37.2 Å². The van der Waals surface area contributed by atoms with E-state index in [1.54, 1.807) is 6.92 Å². The molecule has 23 heavy (non-hydrogen) atoms. The van der Waals surface area contributed by atoms with Crippen molar-refractivity contribution in [2.45, 2.75) is 70.7 Å². The summed E-state index contributed by atoms with van der Waals surface area (Å²) in [6, 6.07) is 0. The van der Waals surface area contributed by atoms with Gasteiger partial charge in [0.05, 0.1) is 12.5 Å². The van der Waals surface area contributed by atoms with Crippen LogP contribution in [0.3, 0.4) is 0 Å². The fourth-order valence-corrected chi connectivity index (χ4v) is 2.24. The number of alkyl halides is 2. The Morgan fingerprint density at radius 3 is 2.43 bits per heavy atom. The Bertz CT molecular complexity index is 425. The first-order valence-electron chi connectivity index (χ1n) is 7.75. The Kier molecular flexibility index (Phi) is 7.61. The molecule has 0 saturated heterocycles. The van der Waals surface area contributed by atoms with E-state index in [1.807, 2.05) is 0 Å². The van der Waals surface area contributed by atoms with Crippen molar-refractivity contribution < 1.29 is 32.6 Å². The second kappa shape index (κ2) is 8.96. The molecule has 0 amide bonds. The number of halogens is 2. The van der Waals surface area contributed by atoms with Crippen molar-refractivity contribution in [2.24, 2.45) is 0 Å². The third-order valence-corrected chi connectivity index (χ3v) is 3.34. The Balaban J connectivity index is 2.29. The molecule has 0 radical (unpaired) electrons. The van der Waals surface area contributed by atoms with Gasteiger partial charge in [0.15, 0.2) is 6.61 Å². The van der Waals surface area contributed by atoms with Crippen molar-refractivity contribution in [1.82, 2.24) is 0 Å². The monoisotopic (exact) mass is 334 g/mol. The van der Waals surface area contributed by atoms with E-state index in [-0.39, 0.29) is 11.7 Å². The fraction of sp³-hybridized carbons (Fsp3) is 0.750. The first kappa shape index (κ1) is 19.5. The summed E-state index contributed by atoms with van der Waals surface area (Å²) in [4.78, 5) is 23.1. The zero-order chi connectivity index (χ0) is 17.5. The second-order valence-electron chi connectivity index (χ2n) is 5.88. The molecule has 1 unspecified atom stereocenters. The second-order valence-corrected chi connectivity index (χ2v) is 5.88. The molecular weight excluding hydrogens is 310 g/mol. The summed E-state index contributed by atoms with van der Waals surface area (Å²) in [5.74, 6) is -4.86. The molecule has 0 aromatic rings. The van der Waals surface area contributed by atoms with E-state index >= 15 is 0 Å². The van der Waals surface area contributed by atoms with E-state index in [0.717, 1.165) is 25.7 Å². The highest BCUT2D eigenvalue weighted by atomic mass is 19.3. The molecule has 132 valence electrons. The van der Waals surface area contributed by atoms with Crippen LogP contribution in [0.5, 0.6) is 0 Å². The molecule has 1 fully saturated rings. The minimum atomic E-state index is -3.11. The number of hydrogen-bond donors (Lipinski definition) is 0. The molecule has 0 aliphatic heterocycles. The van der Waals surface area contributed by atoms with Gasteiger partial charge < -0.3 is 14.2 Å². The maximum absolute atomic E-state index is 12.6. The van der Waals surface area contributed by atoms with Crippen LogP contribution in [0.2, 0.25) is 0 Å². The van der Waals surface area contributed by atoms with E-state index in [1.165, 1.54) is 6.42 Å². The molecule has 1 aliphatic carbocycles. The lowest BCUT2D eigenvalue weighted by Crippen LogP contribution is -2.27. The molecular formula is C16H24F2O5. The van der Waals surface area contributed by atoms with Gasteiger partial charge in [-0.05, 0) is 19.8 Å². The van der Waals surface area contributed by atoms with Crippen LogP contribution in [0.1, 0.15) is 52.4 Å². The molecule has 1 saturated carbocycles. The first-order chi connectivity index (χ1) is 10.7. The van der Waals surface area contributed by atoms with Gasteiger partial charge in [-0.1, -0.05) is 25.8 Å². The van der Waals surface area contributed by atoms with Gasteiger partial charge in [0.25, 0.3) is 5.92 Å². The quantitative estimate of drug-likeness (QED) is 0.387. The minimum absolute atomic E-state index is 0.0663. The van der Waals surface area contributed by atoms with Crippen molar-refractivity contribution in [2.75, 3.05) is 6.61 Å². The van der Waals surface area contributed by atoms with Gasteiger partial charge in [0.1, 0.15) is 0 Å². The summed E-state index contributed by atoms with van der Waals surface area (Å²) in [6.45, 7) is 4.61. The Hall–Kier alpha value is -1.50. The van der Waals surface area contributed by atoms with Crippen molar-refractivity contribution in [1.29, 1.82) is 0 Å². The molecule has 1 aliphatic rings. The van der Waals surface area contributed by atoms with Crippen LogP contribution in [0.15, 0.2) is 12.2 Å². The van der Waals surface area contributed by atoms with Crippen molar-refractivity contribution in [3.05, 3.63) is 12.2 Å². The van der Waals surface area contributed by atoms with Gasteiger partial charge in [-0.3, -0.25) is 4.79 Å². The number of rotatable bonds is 8. The highest BCUT2D eigenvalue weighted by molar-refractivity contribution is 5.93. The van der Waals surface area contributed by atoms with Crippen molar-refractivity contribution >= 4 is 11.9 Å². The minimum Gasteiger partial charge on any atom is -0.459 e. The number of ether oxygens (including phenoxy) is 3. The topological polar surface area (TPSA) is 61.8 Å². The lowest BCUT2D eigenvalue weighted by atomic mass is 9.98. The summed E-state index contributed by atoms with van der Waals surface area (Å²) < 4.78 is 40.2. The lowest BCUT2D eigenvalue weighted by molar-refractivity contribution is -0.184. The smallest absolute Gasteiger partial charge is 0.336 e. The van der Waals surface area contributed by atoms with E-state index in [2.05, 4.69) is 11.3 Å². The number of carbonyl (C=O) groups is 2. The van der Waals surface area contributed by atoms with Crippen LogP contribution in [0.4, 0.5) is 8.78 Å². The Labute approximate surface area is 135 Å². The fourth-order valence-electron chi connectivity index (χ4n) is 2.24. The maximum atomic E-state index is 12.6. The zero-order valence-electron chi connectivity index (χ0n) is 13.6. The van der Waals surface area contributed by atoms with E-state index in [4.69, 9.17) is 9.47 Å². The summed E-state index contributed by atoms with van der Waals surface area (Å²) in [5, 5.41) is 0. The molecule has 5 nitrogen and oxygen atoms in total. The van der Waals surface area contributed by atoms with E-state index in [9.17, 15) is 18.4 Å². The van der Waals surface area contributed by atoms with Crippen molar-refractivity contribution in [3.8, 4) is 0 Å². The summed E-state index contributed by atoms with van der Waals surface area (Å²) in [7, 11) is 0. The average molecular weight is 334 g/mol. The van der Waals surface area contributed by atoms with Gasteiger partial charge in [-0.25, -0.2) is 13.6 Å². The van der Waals surface area contributed by atoms with Crippen LogP contribution in [0.25, 0.3) is 0 Å². The molecule has 7 heteroatoms. The highest BCUT2D eigenvalue weighted by Crippen LogP contribution is 2.22. The molecule has 0 heterocycles. The van der Waals surface area contributed by atoms with Gasteiger partial charge in [-0.2, -0.15) is 0 Å². The van der Waals surface area contributed by atoms with Gasteiger partial charge in [0, 0.05) is 12.5 Å². The number of carbonyl (C=O) groups excluding carboxylic acids is 2. The van der Waals surface area contributed by atoms with Crippen LogP contribution in [-0.4, -0.2) is 36.9 Å². The molecule has 1 atom stereocenters. The first-order valence-corrected chi connectivity index (χ1v) is 7.75. The largest absolute Gasteiger partial charge is 0.459 e. The normalized spacial score (nSPS) is 17.4. The van der Waals surface area contributed by atoms with E-state index in [0.29, 0.717) is 6.92 Å². The standard InChI is InChI=1S/C16H24F2O5/c1-11(9-14(19)21-10-16(3,17)18)15(20)23-12(2)22-13-7-5-4-6-8-13/h12-13H,1,4-10H2,2-3H3. The van der Waals surface area contributed by atoms with Crippen LogP contribution in [0, 0.1) is 0 Å². The van der Waals surface area contributed by atoms with Gasteiger partial charge in [-0.15, -0.1) is 0 Å². The molecule has 0 aromatic heterocycles. The molecule has 0 aromatic carbocycles. The third-order valence-electron chi connectivity index (χ3n) is 3.34. The van der Waals surface area contributed by atoms with Crippen LogP contribution in [-0.2, 0) is 23.8 Å². The molecule has 0 N–H and O–H groups in total. The predicted octanol–water partition coefficient (Wildman–Crippen LogP) is 3.37.